The Morgan fingerprint density at radius 2 is 1.79 bits per heavy atom. The molecule has 0 aromatic carbocycles. The molecule has 0 aromatic rings. The minimum Gasteiger partial charge on any atom is -0.314 e. The molecule has 0 radical (unpaired) electrons. The van der Waals surface area contributed by atoms with Gasteiger partial charge >= 0.3 is 0 Å². The fourth-order valence-electron chi connectivity index (χ4n) is 2.29. The fraction of sp³-hybridized carbons (Fsp3) is 1.00. The lowest BCUT2D eigenvalue weighted by molar-refractivity contribution is 0.137. The van der Waals surface area contributed by atoms with Gasteiger partial charge in [0.15, 0.2) is 0 Å². The van der Waals surface area contributed by atoms with Gasteiger partial charge in [-0.1, -0.05) is 34.1 Å². The summed E-state index contributed by atoms with van der Waals surface area (Å²) in [6, 6.07) is 0.653. The number of hydrogen-bond donors (Lipinski definition) is 1. The molecule has 3 unspecified atom stereocenters. The van der Waals surface area contributed by atoms with Gasteiger partial charge in [-0.2, -0.15) is 0 Å². The molecule has 0 amide bonds. The van der Waals surface area contributed by atoms with Crippen molar-refractivity contribution in [2.24, 2.45) is 17.8 Å². The molecule has 0 bridgehead atoms. The van der Waals surface area contributed by atoms with E-state index in [4.69, 9.17) is 0 Å². The van der Waals surface area contributed by atoms with E-state index < -0.39 is 0 Å². The Balaban J connectivity index is 2.15. The molecular weight excluding hydrogens is 170 g/mol. The van der Waals surface area contributed by atoms with E-state index in [-0.39, 0.29) is 0 Å². The molecule has 3 atom stereocenters. The normalized spacial score (nSPS) is 28.9. The van der Waals surface area contributed by atoms with Gasteiger partial charge in [0, 0.05) is 6.04 Å². The molecule has 14 heavy (non-hydrogen) atoms. The average Bonchev–Trinajstić information content (AvgIpc) is 2.11. The van der Waals surface area contributed by atoms with Crippen LogP contribution in [0.3, 0.4) is 0 Å². The minimum absolute atomic E-state index is 0.653. The first-order chi connectivity index (χ1) is 6.63. The molecule has 1 rings (SSSR count). The highest BCUT2D eigenvalue weighted by atomic mass is 14.9. The summed E-state index contributed by atoms with van der Waals surface area (Å²) in [5.74, 6) is 2.93. The number of hydrogen-bond acceptors (Lipinski definition) is 1. The van der Waals surface area contributed by atoms with Crippen molar-refractivity contribution < 1.29 is 0 Å². The van der Waals surface area contributed by atoms with Gasteiger partial charge in [-0.15, -0.1) is 0 Å². The zero-order valence-corrected chi connectivity index (χ0v) is 10.3. The Morgan fingerprint density at radius 1 is 1.14 bits per heavy atom. The molecule has 0 heterocycles. The zero-order valence-electron chi connectivity index (χ0n) is 10.3. The Morgan fingerprint density at radius 3 is 2.21 bits per heavy atom. The molecule has 1 heteroatoms. The van der Waals surface area contributed by atoms with Crippen molar-refractivity contribution in [3.05, 3.63) is 0 Å². The molecule has 0 saturated heterocycles. The highest BCUT2D eigenvalue weighted by molar-refractivity contribution is 4.83. The highest BCUT2D eigenvalue weighted by Gasteiger charge is 2.30. The van der Waals surface area contributed by atoms with Crippen LogP contribution in [0.5, 0.6) is 0 Å². The Bertz CT molecular complexity index is 153. The van der Waals surface area contributed by atoms with Crippen LogP contribution >= 0.6 is 0 Å². The van der Waals surface area contributed by atoms with Gasteiger partial charge in [-0.3, -0.25) is 0 Å². The minimum atomic E-state index is 0.653. The van der Waals surface area contributed by atoms with E-state index in [9.17, 15) is 0 Å². The second-order valence-corrected chi connectivity index (χ2v) is 5.41. The van der Waals surface area contributed by atoms with Crippen LogP contribution in [-0.2, 0) is 0 Å². The van der Waals surface area contributed by atoms with Gasteiger partial charge < -0.3 is 5.32 Å². The maximum Gasteiger partial charge on any atom is 0.00104 e. The molecule has 0 aliphatic heterocycles. The summed E-state index contributed by atoms with van der Waals surface area (Å²) in [7, 11) is 0. The van der Waals surface area contributed by atoms with Crippen molar-refractivity contribution >= 4 is 0 Å². The van der Waals surface area contributed by atoms with Crippen LogP contribution in [-0.4, -0.2) is 12.6 Å². The summed E-state index contributed by atoms with van der Waals surface area (Å²) in [6.45, 7) is 10.4. The van der Waals surface area contributed by atoms with Crippen molar-refractivity contribution in [3.63, 3.8) is 0 Å². The van der Waals surface area contributed by atoms with Crippen molar-refractivity contribution in [1.82, 2.24) is 5.32 Å². The van der Waals surface area contributed by atoms with Gasteiger partial charge in [0.2, 0.25) is 0 Å². The Labute approximate surface area is 89.7 Å². The molecule has 1 aliphatic rings. The van der Waals surface area contributed by atoms with Gasteiger partial charge in [-0.05, 0) is 43.6 Å². The van der Waals surface area contributed by atoms with Crippen molar-refractivity contribution in [2.75, 3.05) is 6.54 Å². The van der Waals surface area contributed by atoms with E-state index in [1.54, 1.807) is 0 Å². The van der Waals surface area contributed by atoms with Crippen LogP contribution in [0.1, 0.15) is 53.4 Å². The third-order valence-corrected chi connectivity index (χ3v) is 3.77. The SMILES string of the molecule is CCC(C)CC1CCC1CNC(C)C. The number of nitrogens with one attached hydrogen (secondary N) is 1. The maximum absolute atomic E-state index is 3.57. The predicted molar refractivity (Wildman–Crippen MR) is 63.4 cm³/mol. The van der Waals surface area contributed by atoms with Gasteiger partial charge in [0.1, 0.15) is 0 Å². The fourth-order valence-corrected chi connectivity index (χ4v) is 2.29. The Kier molecular flexibility index (Phi) is 4.94. The first-order valence-corrected chi connectivity index (χ1v) is 6.36. The molecule has 84 valence electrons. The largest absolute Gasteiger partial charge is 0.314 e. The van der Waals surface area contributed by atoms with Crippen molar-refractivity contribution in [2.45, 2.75) is 59.4 Å². The zero-order chi connectivity index (χ0) is 10.6. The molecule has 1 fully saturated rings. The molecule has 1 saturated carbocycles. The van der Waals surface area contributed by atoms with Crippen LogP contribution in [0, 0.1) is 17.8 Å². The molecular formula is C13H27N. The van der Waals surface area contributed by atoms with E-state index in [0.717, 1.165) is 17.8 Å². The quantitative estimate of drug-likeness (QED) is 0.688. The second kappa shape index (κ2) is 5.75. The van der Waals surface area contributed by atoms with Crippen molar-refractivity contribution in [3.8, 4) is 0 Å². The monoisotopic (exact) mass is 197 g/mol. The van der Waals surface area contributed by atoms with E-state index >= 15 is 0 Å². The second-order valence-electron chi connectivity index (χ2n) is 5.41. The van der Waals surface area contributed by atoms with Crippen LogP contribution < -0.4 is 5.32 Å². The van der Waals surface area contributed by atoms with Crippen LogP contribution in [0.25, 0.3) is 0 Å². The maximum atomic E-state index is 3.57. The molecule has 0 aromatic heterocycles. The smallest absolute Gasteiger partial charge is 0.00104 e. The lowest BCUT2D eigenvalue weighted by Gasteiger charge is -2.38. The van der Waals surface area contributed by atoms with Crippen LogP contribution in [0.2, 0.25) is 0 Å². The molecule has 0 spiro atoms. The molecule has 1 aliphatic carbocycles. The first-order valence-electron chi connectivity index (χ1n) is 6.36. The van der Waals surface area contributed by atoms with E-state index in [0.29, 0.717) is 6.04 Å². The molecule has 1 nitrogen and oxygen atoms in total. The van der Waals surface area contributed by atoms with Crippen LogP contribution in [0.4, 0.5) is 0 Å². The Hall–Kier alpha value is -0.0400. The van der Waals surface area contributed by atoms with Crippen LogP contribution in [0.15, 0.2) is 0 Å². The lowest BCUT2D eigenvalue weighted by Crippen LogP contribution is -2.38. The first kappa shape index (κ1) is 12.0. The van der Waals surface area contributed by atoms with Gasteiger partial charge in [0.25, 0.3) is 0 Å². The number of rotatable bonds is 6. The van der Waals surface area contributed by atoms with Crippen molar-refractivity contribution in [1.29, 1.82) is 0 Å². The highest BCUT2D eigenvalue weighted by Crippen LogP contribution is 2.38. The summed E-state index contributed by atoms with van der Waals surface area (Å²) in [4.78, 5) is 0. The summed E-state index contributed by atoms with van der Waals surface area (Å²) in [5, 5.41) is 3.57. The molecule has 1 N–H and O–H groups in total. The summed E-state index contributed by atoms with van der Waals surface area (Å²) in [5.41, 5.74) is 0. The topological polar surface area (TPSA) is 12.0 Å². The predicted octanol–water partition coefficient (Wildman–Crippen LogP) is 3.45. The summed E-state index contributed by atoms with van der Waals surface area (Å²) in [6.07, 6.45) is 5.75. The van der Waals surface area contributed by atoms with Gasteiger partial charge in [-0.25, -0.2) is 0 Å². The third-order valence-electron chi connectivity index (χ3n) is 3.77. The van der Waals surface area contributed by atoms with E-state index in [2.05, 4.69) is 33.0 Å². The third kappa shape index (κ3) is 3.61. The average molecular weight is 197 g/mol. The van der Waals surface area contributed by atoms with Gasteiger partial charge in [0.05, 0.1) is 0 Å². The summed E-state index contributed by atoms with van der Waals surface area (Å²) < 4.78 is 0. The summed E-state index contributed by atoms with van der Waals surface area (Å²) >= 11 is 0. The standard InChI is InChI=1S/C13H27N/c1-5-11(4)8-12-6-7-13(12)9-14-10(2)3/h10-14H,5-9H2,1-4H3. The van der Waals surface area contributed by atoms with E-state index in [1.807, 2.05) is 0 Å². The van der Waals surface area contributed by atoms with E-state index in [1.165, 1.54) is 32.2 Å². The lowest BCUT2D eigenvalue weighted by atomic mass is 9.69.